The first-order valence-corrected chi connectivity index (χ1v) is 10.2. The SMILES string of the molecule is NCCCCN(C[C@H]1Cc2ccccc2CN1)[C@H]1CCOc2cccnc21. The number of unbranched alkanes of at least 4 members (excludes halogenated alkanes) is 1. The molecule has 1 aromatic carbocycles. The molecule has 0 radical (unpaired) electrons. The van der Waals surface area contributed by atoms with E-state index < -0.39 is 0 Å². The lowest BCUT2D eigenvalue weighted by Gasteiger charge is -2.38. The molecule has 0 saturated carbocycles. The number of fused-ring (bicyclic) bond motifs is 2. The van der Waals surface area contributed by atoms with E-state index in [-0.39, 0.29) is 0 Å². The number of benzene rings is 1. The second kappa shape index (κ2) is 8.83. The van der Waals surface area contributed by atoms with E-state index in [0.29, 0.717) is 12.1 Å². The molecule has 0 spiro atoms. The lowest BCUT2D eigenvalue weighted by molar-refractivity contribution is 0.120. The zero-order valence-electron chi connectivity index (χ0n) is 15.9. The van der Waals surface area contributed by atoms with Crippen LogP contribution in [0.5, 0.6) is 5.75 Å². The molecule has 0 bridgehead atoms. The van der Waals surface area contributed by atoms with Crippen molar-refractivity contribution in [2.24, 2.45) is 5.73 Å². The van der Waals surface area contributed by atoms with Crippen molar-refractivity contribution in [2.45, 2.75) is 44.3 Å². The van der Waals surface area contributed by atoms with Crippen LogP contribution >= 0.6 is 0 Å². The maximum absolute atomic E-state index is 5.84. The van der Waals surface area contributed by atoms with Crippen molar-refractivity contribution < 1.29 is 4.74 Å². The molecular formula is C22H30N4O. The van der Waals surface area contributed by atoms with Crippen LogP contribution in [0.15, 0.2) is 42.6 Å². The van der Waals surface area contributed by atoms with Crippen LogP contribution in [0.25, 0.3) is 0 Å². The summed E-state index contributed by atoms with van der Waals surface area (Å²) in [5, 5.41) is 3.74. The van der Waals surface area contributed by atoms with Gasteiger partial charge in [0, 0.05) is 31.7 Å². The molecule has 4 rings (SSSR count). The highest BCUT2D eigenvalue weighted by atomic mass is 16.5. The molecule has 0 fully saturated rings. The summed E-state index contributed by atoms with van der Waals surface area (Å²) in [4.78, 5) is 7.27. The van der Waals surface area contributed by atoms with E-state index >= 15 is 0 Å². The highest BCUT2D eigenvalue weighted by Crippen LogP contribution is 2.34. The van der Waals surface area contributed by atoms with E-state index in [1.54, 1.807) is 0 Å². The molecule has 0 saturated heterocycles. The van der Waals surface area contributed by atoms with Gasteiger partial charge < -0.3 is 15.8 Å². The first-order valence-electron chi connectivity index (χ1n) is 10.2. The zero-order valence-corrected chi connectivity index (χ0v) is 15.9. The average molecular weight is 367 g/mol. The van der Waals surface area contributed by atoms with Gasteiger partial charge in [-0.2, -0.15) is 0 Å². The molecule has 27 heavy (non-hydrogen) atoms. The predicted octanol–water partition coefficient (Wildman–Crippen LogP) is 2.66. The van der Waals surface area contributed by atoms with Gasteiger partial charge in [-0.05, 0) is 55.6 Å². The van der Waals surface area contributed by atoms with Crippen molar-refractivity contribution in [1.82, 2.24) is 15.2 Å². The average Bonchev–Trinajstić information content (AvgIpc) is 2.73. The third kappa shape index (κ3) is 4.32. The molecule has 5 heteroatoms. The van der Waals surface area contributed by atoms with E-state index in [9.17, 15) is 0 Å². The Bertz CT molecular complexity index is 751. The fraction of sp³-hybridized carbons (Fsp3) is 0.500. The number of nitrogens with zero attached hydrogens (tertiary/aromatic N) is 2. The summed E-state index contributed by atoms with van der Waals surface area (Å²) in [6.45, 7) is 4.56. The lowest BCUT2D eigenvalue weighted by Crippen LogP contribution is -2.47. The number of hydrogen-bond donors (Lipinski definition) is 2. The maximum atomic E-state index is 5.84. The minimum absolute atomic E-state index is 0.326. The Kier molecular flexibility index (Phi) is 6.02. The largest absolute Gasteiger partial charge is 0.492 e. The topological polar surface area (TPSA) is 63.4 Å². The van der Waals surface area contributed by atoms with E-state index in [4.69, 9.17) is 10.5 Å². The van der Waals surface area contributed by atoms with Crippen LogP contribution in [0.1, 0.15) is 42.1 Å². The van der Waals surface area contributed by atoms with Crippen molar-refractivity contribution in [2.75, 3.05) is 26.2 Å². The highest BCUT2D eigenvalue weighted by molar-refractivity contribution is 5.32. The Morgan fingerprint density at radius 2 is 2.04 bits per heavy atom. The van der Waals surface area contributed by atoms with E-state index in [1.807, 2.05) is 18.3 Å². The van der Waals surface area contributed by atoms with Crippen LogP contribution in [-0.2, 0) is 13.0 Å². The standard InChI is InChI=1S/C22H30N4O/c23-10-3-4-12-26(20-9-13-27-21-8-5-11-24-22(20)21)16-19-14-17-6-1-2-7-18(17)15-25-19/h1-2,5-8,11,19-20,25H,3-4,9-10,12-16,23H2/t19-,20+/m1/s1. The van der Waals surface area contributed by atoms with E-state index in [0.717, 1.165) is 69.9 Å². The molecule has 1 aromatic heterocycles. The van der Waals surface area contributed by atoms with Crippen LogP contribution < -0.4 is 15.8 Å². The summed E-state index contributed by atoms with van der Waals surface area (Å²) >= 11 is 0. The fourth-order valence-electron chi connectivity index (χ4n) is 4.31. The fourth-order valence-corrected chi connectivity index (χ4v) is 4.31. The Morgan fingerprint density at radius 1 is 1.15 bits per heavy atom. The van der Waals surface area contributed by atoms with Crippen LogP contribution in [0.3, 0.4) is 0 Å². The Labute approximate surface area is 161 Å². The monoisotopic (exact) mass is 366 g/mol. The van der Waals surface area contributed by atoms with Crippen molar-refractivity contribution in [3.63, 3.8) is 0 Å². The van der Waals surface area contributed by atoms with Gasteiger partial charge in [-0.3, -0.25) is 9.88 Å². The van der Waals surface area contributed by atoms with Crippen molar-refractivity contribution >= 4 is 0 Å². The molecule has 2 aliphatic heterocycles. The third-order valence-electron chi connectivity index (χ3n) is 5.73. The Hall–Kier alpha value is -1.95. The van der Waals surface area contributed by atoms with E-state index in [2.05, 4.69) is 39.5 Å². The minimum Gasteiger partial charge on any atom is -0.492 e. The van der Waals surface area contributed by atoms with Crippen LogP contribution in [0.2, 0.25) is 0 Å². The molecule has 3 N–H and O–H groups in total. The van der Waals surface area contributed by atoms with Crippen molar-refractivity contribution in [1.29, 1.82) is 0 Å². The normalized spacial score (nSPS) is 21.4. The summed E-state index contributed by atoms with van der Waals surface area (Å²) in [5.74, 6) is 0.944. The van der Waals surface area contributed by atoms with Gasteiger partial charge >= 0.3 is 0 Å². The molecule has 144 valence electrons. The van der Waals surface area contributed by atoms with Gasteiger partial charge in [0.1, 0.15) is 5.75 Å². The second-order valence-electron chi connectivity index (χ2n) is 7.58. The molecule has 0 unspecified atom stereocenters. The summed E-state index contributed by atoms with van der Waals surface area (Å²) in [5.41, 5.74) is 9.75. The number of aromatic nitrogens is 1. The number of ether oxygens (including phenoxy) is 1. The number of rotatable bonds is 7. The van der Waals surface area contributed by atoms with Crippen LogP contribution in [-0.4, -0.2) is 42.2 Å². The summed E-state index contributed by atoms with van der Waals surface area (Å²) in [6, 6.07) is 13.6. The summed E-state index contributed by atoms with van der Waals surface area (Å²) in [7, 11) is 0. The number of pyridine rings is 1. The van der Waals surface area contributed by atoms with Crippen molar-refractivity contribution in [3.8, 4) is 5.75 Å². The predicted molar refractivity (Wildman–Crippen MR) is 108 cm³/mol. The highest BCUT2D eigenvalue weighted by Gasteiger charge is 2.30. The van der Waals surface area contributed by atoms with Gasteiger partial charge in [0.15, 0.2) is 0 Å². The Balaban J connectivity index is 1.50. The number of nitrogens with one attached hydrogen (secondary N) is 1. The first kappa shape index (κ1) is 18.4. The van der Waals surface area contributed by atoms with Gasteiger partial charge in [-0.25, -0.2) is 0 Å². The van der Waals surface area contributed by atoms with Gasteiger partial charge in [0.25, 0.3) is 0 Å². The number of hydrogen-bond acceptors (Lipinski definition) is 5. The first-order chi connectivity index (χ1) is 13.3. The van der Waals surface area contributed by atoms with Gasteiger partial charge in [0.2, 0.25) is 0 Å². The molecular weight excluding hydrogens is 336 g/mol. The molecule has 2 aromatic rings. The van der Waals surface area contributed by atoms with Gasteiger partial charge in [-0.15, -0.1) is 0 Å². The molecule has 3 heterocycles. The van der Waals surface area contributed by atoms with Crippen LogP contribution in [0.4, 0.5) is 0 Å². The van der Waals surface area contributed by atoms with Gasteiger partial charge in [-0.1, -0.05) is 24.3 Å². The molecule has 5 nitrogen and oxygen atoms in total. The second-order valence-corrected chi connectivity index (χ2v) is 7.58. The minimum atomic E-state index is 0.326. The van der Waals surface area contributed by atoms with Crippen molar-refractivity contribution in [3.05, 3.63) is 59.4 Å². The molecule has 2 atom stereocenters. The van der Waals surface area contributed by atoms with Crippen LogP contribution in [0, 0.1) is 0 Å². The third-order valence-corrected chi connectivity index (χ3v) is 5.73. The zero-order chi connectivity index (χ0) is 18.5. The lowest BCUT2D eigenvalue weighted by atomic mass is 9.94. The molecule has 2 aliphatic rings. The smallest absolute Gasteiger partial charge is 0.142 e. The van der Waals surface area contributed by atoms with E-state index in [1.165, 1.54) is 11.1 Å². The van der Waals surface area contributed by atoms with Gasteiger partial charge in [0.05, 0.1) is 18.3 Å². The summed E-state index contributed by atoms with van der Waals surface area (Å²) < 4.78 is 5.84. The number of nitrogens with two attached hydrogens (primary N) is 1. The molecule has 0 amide bonds. The quantitative estimate of drug-likeness (QED) is 0.738. The summed E-state index contributed by atoms with van der Waals surface area (Å²) in [6.07, 6.45) is 6.15. The maximum Gasteiger partial charge on any atom is 0.142 e. The Morgan fingerprint density at radius 3 is 2.93 bits per heavy atom. The molecule has 0 aliphatic carbocycles.